The lowest BCUT2D eigenvalue weighted by atomic mass is 10.0. The fourth-order valence-corrected chi connectivity index (χ4v) is 6.70. The predicted molar refractivity (Wildman–Crippen MR) is 203 cm³/mol. The van der Waals surface area contributed by atoms with Crippen molar-refractivity contribution >= 4 is 27.5 Å². The number of methoxy groups -OCH3 is 3. The molecule has 13 heteroatoms. The summed E-state index contributed by atoms with van der Waals surface area (Å²) in [5, 5.41) is 3.02. The van der Waals surface area contributed by atoms with Crippen LogP contribution in [0.1, 0.15) is 16.7 Å². The molecule has 0 saturated carbocycles. The zero-order chi connectivity index (χ0) is 38.5. The summed E-state index contributed by atoms with van der Waals surface area (Å²) < 4.78 is 63.4. The molecule has 0 fully saturated rings. The molecule has 5 aromatic rings. The van der Waals surface area contributed by atoms with Crippen molar-refractivity contribution < 1.29 is 41.3 Å². The first-order chi connectivity index (χ1) is 26.1. The van der Waals surface area contributed by atoms with E-state index < -0.39 is 34.4 Å². The molecule has 0 radical (unpaired) electrons. The molecule has 0 aliphatic carbocycles. The Balaban J connectivity index is 1.34. The van der Waals surface area contributed by atoms with Gasteiger partial charge in [0.05, 0.1) is 26.2 Å². The lowest BCUT2D eigenvalue weighted by molar-refractivity contribution is -0.142. The summed E-state index contributed by atoms with van der Waals surface area (Å²) >= 11 is 0. The third-order valence-electron chi connectivity index (χ3n) is 8.54. The second-order valence-corrected chi connectivity index (χ2v) is 13.9. The van der Waals surface area contributed by atoms with Gasteiger partial charge in [0.15, 0.2) is 18.1 Å². The Labute approximate surface area is 314 Å². The average molecular weight is 756 g/mol. The molecule has 1 atom stereocenters. The van der Waals surface area contributed by atoms with Crippen LogP contribution in [0.4, 0.5) is 10.1 Å². The van der Waals surface area contributed by atoms with E-state index in [0.29, 0.717) is 30.2 Å². The summed E-state index contributed by atoms with van der Waals surface area (Å²) in [6.45, 7) is -0.0364. The van der Waals surface area contributed by atoms with E-state index in [1.165, 1.54) is 41.3 Å². The highest BCUT2D eigenvalue weighted by Gasteiger charge is 2.31. The molecule has 2 amide bonds. The number of amides is 2. The van der Waals surface area contributed by atoms with Crippen LogP contribution >= 0.6 is 0 Å². The number of anilines is 1. The summed E-state index contributed by atoms with van der Waals surface area (Å²) in [5.74, 6) is 0.774. The van der Waals surface area contributed by atoms with E-state index >= 15 is 0 Å². The summed E-state index contributed by atoms with van der Waals surface area (Å²) in [6.07, 6.45) is 0.739. The van der Waals surface area contributed by atoms with Gasteiger partial charge in [-0.05, 0) is 95.9 Å². The number of carbonyl (C=O) groups is 2. The smallest absolute Gasteiger partial charge is 0.261 e. The molecule has 0 unspecified atom stereocenters. The molecule has 0 aliphatic heterocycles. The van der Waals surface area contributed by atoms with E-state index in [-0.39, 0.29) is 35.2 Å². The number of sulfonamides is 1. The van der Waals surface area contributed by atoms with Crippen molar-refractivity contribution in [1.29, 1.82) is 0 Å². The summed E-state index contributed by atoms with van der Waals surface area (Å²) in [7, 11) is 0.710. The van der Waals surface area contributed by atoms with Gasteiger partial charge in [-0.15, -0.1) is 0 Å². The fraction of sp³-hybridized carbons (Fsp3) is 0.220. The van der Waals surface area contributed by atoms with Crippen LogP contribution in [0, 0.1) is 5.82 Å². The molecule has 2 N–H and O–H groups in total. The van der Waals surface area contributed by atoms with Crippen LogP contribution in [-0.2, 0) is 39.0 Å². The standard InChI is InChI=1S/C41H42FN3O8S/c1-50-34-16-9-31(10-17-34)27-45(40(46)28-53-35-18-20-36(21-19-35)54(48,49)44-33-14-12-32(42)13-15-33)37(25-29-7-5-4-6-8-29)41(47)43-24-23-30-11-22-38(51-2)39(26-30)52-3/h4-22,26,37,44H,23-25,27-28H2,1-3H3,(H,43,47)/t37-/m0/s1. The van der Waals surface area contributed by atoms with E-state index in [1.807, 2.05) is 54.6 Å². The van der Waals surface area contributed by atoms with Gasteiger partial charge in [0.2, 0.25) is 5.91 Å². The number of hydrogen-bond acceptors (Lipinski definition) is 8. The highest BCUT2D eigenvalue weighted by molar-refractivity contribution is 7.92. The molecule has 0 aliphatic rings. The number of ether oxygens (including phenoxy) is 4. The van der Waals surface area contributed by atoms with Gasteiger partial charge in [-0.25, -0.2) is 12.8 Å². The Morgan fingerprint density at radius 3 is 2.02 bits per heavy atom. The van der Waals surface area contributed by atoms with E-state index in [0.717, 1.165) is 28.8 Å². The molecular formula is C41H42FN3O8S. The lowest BCUT2D eigenvalue weighted by Crippen LogP contribution is -2.52. The van der Waals surface area contributed by atoms with E-state index in [2.05, 4.69) is 10.0 Å². The molecule has 11 nitrogen and oxygen atoms in total. The van der Waals surface area contributed by atoms with Crippen LogP contribution in [0.2, 0.25) is 0 Å². The molecule has 0 heterocycles. The van der Waals surface area contributed by atoms with Gasteiger partial charge in [-0.1, -0.05) is 48.5 Å². The molecule has 0 bridgehead atoms. The minimum absolute atomic E-state index is 0.0562. The van der Waals surface area contributed by atoms with Crippen LogP contribution < -0.4 is 29.0 Å². The predicted octanol–water partition coefficient (Wildman–Crippen LogP) is 6.03. The van der Waals surface area contributed by atoms with Crippen molar-refractivity contribution in [3.8, 4) is 23.0 Å². The number of benzene rings is 5. The van der Waals surface area contributed by atoms with Crippen LogP contribution in [0.5, 0.6) is 23.0 Å². The van der Waals surface area contributed by atoms with Crippen molar-refractivity contribution in [2.45, 2.75) is 30.3 Å². The second-order valence-electron chi connectivity index (χ2n) is 12.2. The third kappa shape index (κ3) is 10.7. The largest absolute Gasteiger partial charge is 0.497 e. The maximum atomic E-state index is 14.1. The number of hydrogen-bond donors (Lipinski definition) is 2. The van der Waals surface area contributed by atoms with E-state index in [4.69, 9.17) is 18.9 Å². The Bertz CT molecular complexity index is 2100. The van der Waals surface area contributed by atoms with Crippen LogP contribution in [0.15, 0.2) is 126 Å². The van der Waals surface area contributed by atoms with Crippen molar-refractivity contribution in [1.82, 2.24) is 10.2 Å². The number of halogens is 1. The first-order valence-corrected chi connectivity index (χ1v) is 18.5. The monoisotopic (exact) mass is 755 g/mol. The quantitative estimate of drug-likeness (QED) is 0.111. The Kier molecular flexibility index (Phi) is 13.5. The first-order valence-electron chi connectivity index (χ1n) is 17.0. The maximum absolute atomic E-state index is 14.1. The summed E-state index contributed by atoms with van der Waals surface area (Å²) in [6, 6.07) is 31.8. The maximum Gasteiger partial charge on any atom is 0.261 e. The Morgan fingerprint density at radius 2 is 1.37 bits per heavy atom. The molecular weight excluding hydrogens is 714 g/mol. The zero-order valence-corrected chi connectivity index (χ0v) is 31.0. The molecule has 282 valence electrons. The SMILES string of the molecule is COc1ccc(CN(C(=O)COc2ccc(S(=O)(=O)Nc3ccc(F)cc3)cc2)[C@@H](Cc2ccccc2)C(=O)NCCc2ccc(OC)c(OC)c2)cc1. The molecule has 5 aromatic carbocycles. The van der Waals surface area contributed by atoms with Crippen molar-refractivity contribution in [2.24, 2.45) is 0 Å². The molecule has 0 spiro atoms. The van der Waals surface area contributed by atoms with Gasteiger partial charge < -0.3 is 29.2 Å². The number of rotatable bonds is 18. The van der Waals surface area contributed by atoms with Gasteiger partial charge in [0, 0.05) is 25.2 Å². The molecule has 54 heavy (non-hydrogen) atoms. The Morgan fingerprint density at radius 1 is 0.722 bits per heavy atom. The number of carbonyl (C=O) groups excluding carboxylic acids is 2. The molecule has 0 saturated heterocycles. The minimum Gasteiger partial charge on any atom is -0.497 e. The van der Waals surface area contributed by atoms with Crippen molar-refractivity contribution in [2.75, 3.05) is 39.2 Å². The van der Waals surface area contributed by atoms with Gasteiger partial charge in [0.25, 0.3) is 15.9 Å². The Hall–Kier alpha value is -6.08. The van der Waals surface area contributed by atoms with Crippen molar-refractivity contribution in [3.63, 3.8) is 0 Å². The normalized spacial score (nSPS) is 11.6. The minimum atomic E-state index is -3.98. The first kappa shape index (κ1) is 39.1. The van der Waals surface area contributed by atoms with Gasteiger partial charge in [-0.2, -0.15) is 0 Å². The van der Waals surface area contributed by atoms with E-state index in [1.54, 1.807) is 39.5 Å². The number of nitrogens with zero attached hydrogens (tertiary/aromatic N) is 1. The zero-order valence-electron chi connectivity index (χ0n) is 30.2. The molecule has 0 aromatic heterocycles. The van der Waals surface area contributed by atoms with Gasteiger partial charge in [-0.3, -0.25) is 14.3 Å². The highest BCUT2D eigenvalue weighted by atomic mass is 32.2. The average Bonchev–Trinajstić information content (AvgIpc) is 3.19. The van der Waals surface area contributed by atoms with Crippen LogP contribution in [0.3, 0.4) is 0 Å². The van der Waals surface area contributed by atoms with Crippen molar-refractivity contribution in [3.05, 3.63) is 144 Å². The lowest BCUT2D eigenvalue weighted by Gasteiger charge is -2.31. The third-order valence-corrected chi connectivity index (χ3v) is 9.93. The van der Waals surface area contributed by atoms with E-state index in [9.17, 15) is 22.4 Å². The van der Waals surface area contributed by atoms with Crippen LogP contribution in [-0.4, -0.2) is 65.7 Å². The molecule has 5 rings (SSSR count). The second kappa shape index (κ2) is 18.6. The highest BCUT2D eigenvalue weighted by Crippen LogP contribution is 2.28. The summed E-state index contributed by atoms with van der Waals surface area (Å²) in [5.41, 5.74) is 2.76. The summed E-state index contributed by atoms with van der Waals surface area (Å²) in [4.78, 5) is 29.6. The van der Waals surface area contributed by atoms with Gasteiger partial charge in [0.1, 0.15) is 23.4 Å². The van der Waals surface area contributed by atoms with Gasteiger partial charge >= 0.3 is 0 Å². The topological polar surface area (TPSA) is 132 Å². The fourth-order valence-electron chi connectivity index (χ4n) is 5.64. The van der Waals surface area contributed by atoms with Crippen LogP contribution in [0.25, 0.3) is 0 Å². The number of nitrogens with one attached hydrogen (secondary N) is 2.